The van der Waals surface area contributed by atoms with Crippen molar-refractivity contribution in [2.24, 2.45) is 10.2 Å². The molecule has 21 heavy (non-hydrogen) atoms. The fourth-order valence-corrected chi connectivity index (χ4v) is 2.61. The van der Waals surface area contributed by atoms with E-state index in [1.807, 2.05) is 0 Å². The van der Waals surface area contributed by atoms with Crippen LogP contribution in [0, 0.1) is 0 Å². The molecular formula is C13H13N3O4S. The molecule has 1 atom stereocenters. The van der Waals surface area contributed by atoms with Crippen molar-refractivity contribution in [1.82, 2.24) is 5.32 Å². The van der Waals surface area contributed by atoms with Gasteiger partial charge in [-0.05, 0) is 19.1 Å². The molecule has 0 aromatic heterocycles. The molecule has 110 valence electrons. The molecule has 0 bridgehead atoms. The van der Waals surface area contributed by atoms with Crippen LogP contribution in [0.3, 0.4) is 0 Å². The van der Waals surface area contributed by atoms with Crippen molar-refractivity contribution in [3.8, 4) is 5.75 Å². The molecule has 0 saturated carbocycles. The summed E-state index contributed by atoms with van der Waals surface area (Å²) in [5.41, 5.74) is 1.02. The Morgan fingerprint density at radius 1 is 1.43 bits per heavy atom. The number of amidine groups is 1. The fraction of sp³-hybridized carbons (Fsp3) is 0.231. The minimum absolute atomic E-state index is 0.0887. The van der Waals surface area contributed by atoms with Gasteiger partial charge in [0.25, 0.3) is 0 Å². The van der Waals surface area contributed by atoms with Gasteiger partial charge in [0.05, 0.1) is 12.1 Å². The predicted molar refractivity (Wildman–Crippen MR) is 79.5 cm³/mol. The van der Waals surface area contributed by atoms with E-state index in [0.717, 1.165) is 11.8 Å². The number of para-hydroxylation sites is 1. The number of carbonyl (C=O) groups excluding carboxylic acids is 1. The second-order valence-electron chi connectivity index (χ2n) is 4.30. The van der Waals surface area contributed by atoms with E-state index < -0.39 is 17.1 Å². The van der Waals surface area contributed by atoms with Crippen molar-refractivity contribution >= 4 is 34.5 Å². The summed E-state index contributed by atoms with van der Waals surface area (Å²) in [6.45, 7) is 1.68. The highest BCUT2D eigenvalue weighted by atomic mass is 32.2. The molecule has 3 N–H and O–H groups in total. The third-order valence-corrected chi connectivity index (χ3v) is 3.79. The van der Waals surface area contributed by atoms with E-state index in [-0.39, 0.29) is 17.3 Å². The van der Waals surface area contributed by atoms with E-state index in [1.54, 1.807) is 25.1 Å². The molecule has 1 amide bonds. The largest absolute Gasteiger partial charge is 0.507 e. The number of thioether (sulfide) groups is 1. The maximum absolute atomic E-state index is 11.5. The molecule has 2 rings (SSSR count). The molecule has 1 heterocycles. The van der Waals surface area contributed by atoms with Gasteiger partial charge in [-0.2, -0.15) is 5.10 Å². The van der Waals surface area contributed by atoms with Gasteiger partial charge in [-0.15, -0.1) is 5.10 Å². The molecule has 1 fully saturated rings. The van der Waals surface area contributed by atoms with Gasteiger partial charge in [0.2, 0.25) is 5.91 Å². The highest BCUT2D eigenvalue weighted by molar-refractivity contribution is 8.15. The highest BCUT2D eigenvalue weighted by Gasteiger charge is 2.32. The maximum atomic E-state index is 11.5. The lowest BCUT2D eigenvalue weighted by Gasteiger charge is -2.01. The summed E-state index contributed by atoms with van der Waals surface area (Å²) in [4.78, 5) is 22.1. The first-order valence-corrected chi connectivity index (χ1v) is 6.95. The SMILES string of the molecule is C/C(=N\N=C1\NC(=O)C(CC(=O)O)S1)c1ccccc1O. The minimum Gasteiger partial charge on any atom is -0.507 e. The fourth-order valence-electron chi connectivity index (χ4n) is 1.70. The number of carboxylic acids is 1. The molecule has 1 aliphatic heterocycles. The Morgan fingerprint density at radius 2 is 2.14 bits per heavy atom. The summed E-state index contributed by atoms with van der Waals surface area (Å²) >= 11 is 1.03. The number of carbonyl (C=O) groups is 2. The van der Waals surface area contributed by atoms with E-state index in [0.29, 0.717) is 11.3 Å². The third kappa shape index (κ3) is 3.82. The molecule has 1 saturated heterocycles. The predicted octanol–water partition coefficient (Wildman–Crippen LogP) is 1.18. The normalized spacial score (nSPS) is 20.6. The lowest BCUT2D eigenvalue weighted by Crippen LogP contribution is -2.26. The summed E-state index contributed by atoms with van der Waals surface area (Å²) in [5, 5.41) is 28.2. The number of hydrogen-bond donors (Lipinski definition) is 3. The Balaban J connectivity index is 2.11. The standard InChI is InChI=1S/C13H13N3O4S/c1-7(8-4-2-3-5-9(8)17)15-16-13-14-12(20)10(21-13)6-11(18)19/h2-5,10,17H,6H2,1H3,(H,18,19)(H,14,16,20)/b15-7+. The number of aliphatic carboxylic acids is 1. The number of carboxylic acid groups (broad SMARTS) is 1. The zero-order valence-corrected chi connectivity index (χ0v) is 11.9. The number of nitrogens with zero attached hydrogens (tertiary/aromatic N) is 2. The van der Waals surface area contributed by atoms with E-state index >= 15 is 0 Å². The molecule has 1 aliphatic rings. The van der Waals surface area contributed by atoms with E-state index in [2.05, 4.69) is 15.5 Å². The number of benzene rings is 1. The monoisotopic (exact) mass is 307 g/mol. The summed E-state index contributed by atoms with van der Waals surface area (Å²) in [5.74, 6) is -1.35. The van der Waals surface area contributed by atoms with Crippen LogP contribution in [0.2, 0.25) is 0 Å². The van der Waals surface area contributed by atoms with Gasteiger partial charge in [0, 0.05) is 5.56 Å². The van der Waals surface area contributed by atoms with Crippen LogP contribution in [0.15, 0.2) is 34.5 Å². The first-order chi connectivity index (χ1) is 9.97. The molecular weight excluding hydrogens is 294 g/mol. The Kier molecular flexibility index (Phi) is 4.59. The van der Waals surface area contributed by atoms with Gasteiger partial charge in [0.15, 0.2) is 5.17 Å². The molecule has 1 aromatic carbocycles. The number of rotatable bonds is 4. The van der Waals surface area contributed by atoms with Crippen molar-refractivity contribution < 1.29 is 19.8 Å². The number of aromatic hydroxyl groups is 1. The molecule has 0 radical (unpaired) electrons. The van der Waals surface area contributed by atoms with Crippen LogP contribution >= 0.6 is 11.8 Å². The van der Waals surface area contributed by atoms with Gasteiger partial charge in [0.1, 0.15) is 11.0 Å². The van der Waals surface area contributed by atoms with Crippen molar-refractivity contribution in [1.29, 1.82) is 0 Å². The summed E-state index contributed by atoms with van der Waals surface area (Å²) in [6, 6.07) is 6.69. The van der Waals surface area contributed by atoms with Crippen molar-refractivity contribution in [2.45, 2.75) is 18.6 Å². The van der Waals surface area contributed by atoms with Crippen molar-refractivity contribution in [3.63, 3.8) is 0 Å². The average Bonchev–Trinajstić information content (AvgIpc) is 2.76. The first kappa shape index (κ1) is 15.0. The second-order valence-corrected chi connectivity index (χ2v) is 5.49. The topological polar surface area (TPSA) is 111 Å². The Hall–Kier alpha value is -2.35. The molecule has 7 nitrogen and oxygen atoms in total. The highest BCUT2D eigenvalue weighted by Crippen LogP contribution is 2.23. The van der Waals surface area contributed by atoms with Crippen molar-refractivity contribution in [2.75, 3.05) is 0 Å². The zero-order chi connectivity index (χ0) is 15.4. The van der Waals surface area contributed by atoms with E-state index in [9.17, 15) is 14.7 Å². The van der Waals surface area contributed by atoms with Crippen LogP contribution in [0.5, 0.6) is 5.75 Å². The lowest BCUT2D eigenvalue weighted by molar-refractivity contribution is -0.138. The smallest absolute Gasteiger partial charge is 0.305 e. The maximum Gasteiger partial charge on any atom is 0.305 e. The van der Waals surface area contributed by atoms with E-state index in [4.69, 9.17) is 5.11 Å². The molecule has 0 aliphatic carbocycles. The van der Waals surface area contributed by atoms with Crippen molar-refractivity contribution in [3.05, 3.63) is 29.8 Å². The summed E-state index contributed by atoms with van der Waals surface area (Å²) in [7, 11) is 0. The summed E-state index contributed by atoms with van der Waals surface area (Å²) < 4.78 is 0. The Labute approximate surface area is 124 Å². The Bertz CT molecular complexity index is 642. The van der Waals surface area contributed by atoms with Crippen LogP contribution in [-0.2, 0) is 9.59 Å². The van der Waals surface area contributed by atoms with Gasteiger partial charge in [-0.3, -0.25) is 9.59 Å². The number of nitrogens with one attached hydrogen (secondary N) is 1. The van der Waals surface area contributed by atoms with Crippen LogP contribution in [0.1, 0.15) is 18.9 Å². The molecule has 1 aromatic rings. The van der Waals surface area contributed by atoms with Crippen LogP contribution < -0.4 is 5.32 Å². The number of phenols is 1. The lowest BCUT2D eigenvalue weighted by atomic mass is 10.1. The first-order valence-electron chi connectivity index (χ1n) is 6.07. The quantitative estimate of drug-likeness (QED) is 0.571. The Morgan fingerprint density at radius 3 is 2.81 bits per heavy atom. The van der Waals surface area contributed by atoms with E-state index in [1.165, 1.54) is 6.07 Å². The molecule has 0 spiro atoms. The summed E-state index contributed by atoms with van der Waals surface area (Å²) in [6.07, 6.45) is -0.266. The number of phenolic OH excluding ortho intramolecular Hbond substituents is 1. The zero-order valence-electron chi connectivity index (χ0n) is 11.1. The van der Waals surface area contributed by atoms with Crippen LogP contribution in [0.25, 0.3) is 0 Å². The third-order valence-electron chi connectivity index (χ3n) is 2.72. The van der Waals surface area contributed by atoms with Gasteiger partial charge in [-0.25, -0.2) is 0 Å². The minimum atomic E-state index is -1.04. The van der Waals surface area contributed by atoms with Crippen LogP contribution in [0.4, 0.5) is 0 Å². The van der Waals surface area contributed by atoms with Gasteiger partial charge in [-0.1, -0.05) is 23.9 Å². The molecule has 8 heteroatoms. The van der Waals surface area contributed by atoms with Gasteiger partial charge >= 0.3 is 5.97 Å². The number of amides is 1. The van der Waals surface area contributed by atoms with Gasteiger partial charge < -0.3 is 15.5 Å². The second kappa shape index (κ2) is 6.40. The average molecular weight is 307 g/mol. The number of hydrogen-bond acceptors (Lipinski definition) is 6. The van der Waals surface area contributed by atoms with Crippen LogP contribution in [-0.4, -0.2) is 38.2 Å². The molecule has 1 unspecified atom stereocenters.